The molecule has 2 aromatic carbocycles. The maximum absolute atomic E-state index is 6.12. The molecule has 1 aromatic heterocycles. The van der Waals surface area contributed by atoms with Gasteiger partial charge in [-0.1, -0.05) is 81.4 Å². The van der Waals surface area contributed by atoms with Gasteiger partial charge in [0.15, 0.2) is 0 Å². The quantitative estimate of drug-likeness (QED) is 0.219. The molecule has 0 bridgehead atoms. The first-order valence-corrected chi connectivity index (χ1v) is 12.6. The lowest BCUT2D eigenvalue weighted by molar-refractivity contribution is 0.711. The standard InChI is InChI=1S/C12H4Cl6S.C8H13N3S/c13-5-1-7(15)11(8(16)2-5)19-12-9(17)3-6(14)4-10(12)18;12-6-5-9-2-1-8-7-10-3-4-11-8/h1-4H;3-4,7,9,12H,1-2,5-6H2. The van der Waals surface area contributed by atoms with Crippen molar-refractivity contribution < 1.29 is 0 Å². The summed E-state index contributed by atoms with van der Waals surface area (Å²) in [6, 6.07) is 6.42. The van der Waals surface area contributed by atoms with Gasteiger partial charge in [-0.15, -0.1) is 0 Å². The van der Waals surface area contributed by atoms with Crippen LogP contribution in [0.3, 0.4) is 0 Å². The van der Waals surface area contributed by atoms with E-state index in [-0.39, 0.29) is 0 Å². The lowest BCUT2D eigenvalue weighted by Gasteiger charge is -2.10. The van der Waals surface area contributed by atoms with Crippen molar-refractivity contribution in [2.75, 3.05) is 18.8 Å². The summed E-state index contributed by atoms with van der Waals surface area (Å²) in [5.41, 5.74) is 1.03. The predicted molar refractivity (Wildman–Crippen MR) is 140 cm³/mol. The molecule has 0 aliphatic heterocycles. The largest absolute Gasteiger partial charge is 0.316 e. The summed E-state index contributed by atoms with van der Waals surface area (Å²) in [5, 5.41) is 5.91. The van der Waals surface area contributed by atoms with Crippen molar-refractivity contribution >= 4 is 94.0 Å². The molecule has 166 valence electrons. The third-order valence-electron chi connectivity index (χ3n) is 3.59. The van der Waals surface area contributed by atoms with Gasteiger partial charge in [0.05, 0.1) is 25.8 Å². The van der Waals surface area contributed by atoms with Crippen LogP contribution in [0.1, 0.15) is 5.69 Å². The molecule has 11 heteroatoms. The van der Waals surface area contributed by atoms with Crippen LogP contribution in [0.2, 0.25) is 30.1 Å². The molecule has 0 amide bonds. The van der Waals surface area contributed by atoms with E-state index in [1.807, 2.05) is 0 Å². The van der Waals surface area contributed by atoms with E-state index in [0.29, 0.717) is 39.9 Å². The molecular weight excluding hydrogens is 559 g/mol. The highest BCUT2D eigenvalue weighted by Crippen LogP contribution is 2.45. The minimum atomic E-state index is 0.435. The first-order valence-electron chi connectivity index (χ1n) is 8.85. The van der Waals surface area contributed by atoms with Crippen molar-refractivity contribution in [3.63, 3.8) is 0 Å². The summed E-state index contributed by atoms with van der Waals surface area (Å²) in [4.78, 5) is 9.41. The van der Waals surface area contributed by atoms with Crippen LogP contribution in [-0.2, 0) is 6.42 Å². The lowest BCUT2D eigenvalue weighted by atomic mass is 10.3. The third-order valence-corrected chi connectivity index (χ3v) is 7.18. The van der Waals surface area contributed by atoms with Crippen molar-refractivity contribution in [1.29, 1.82) is 0 Å². The fourth-order valence-electron chi connectivity index (χ4n) is 2.23. The Hall–Kier alpha value is -0.0800. The second kappa shape index (κ2) is 14.2. The van der Waals surface area contributed by atoms with Crippen LogP contribution >= 0.6 is 94.0 Å². The minimum absolute atomic E-state index is 0.435. The Morgan fingerprint density at radius 3 is 1.71 bits per heavy atom. The van der Waals surface area contributed by atoms with E-state index < -0.39 is 0 Å². The fourth-order valence-corrected chi connectivity index (χ4v) is 5.32. The van der Waals surface area contributed by atoms with E-state index in [4.69, 9.17) is 69.6 Å². The number of aromatic nitrogens is 2. The first-order chi connectivity index (χ1) is 14.8. The summed E-state index contributed by atoms with van der Waals surface area (Å²) in [5.74, 6) is 0.875. The molecule has 0 unspecified atom stereocenters. The van der Waals surface area contributed by atoms with E-state index in [0.717, 1.165) is 31.0 Å². The van der Waals surface area contributed by atoms with Crippen LogP contribution in [-0.4, -0.2) is 28.8 Å². The normalized spacial score (nSPS) is 10.5. The average Bonchev–Trinajstić information content (AvgIpc) is 2.71. The first kappa shape index (κ1) is 27.2. The second-order valence-electron chi connectivity index (χ2n) is 5.92. The Morgan fingerprint density at radius 1 is 0.774 bits per heavy atom. The lowest BCUT2D eigenvalue weighted by Crippen LogP contribution is -2.19. The van der Waals surface area contributed by atoms with Crippen LogP contribution in [0.25, 0.3) is 0 Å². The molecule has 0 saturated heterocycles. The second-order valence-corrected chi connectivity index (χ2v) is 9.89. The van der Waals surface area contributed by atoms with E-state index in [1.54, 1.807) is 42.9 Å². The molecular formula is C20H17Cl6N3S2. The van der Waals surface area contributed by atoms with E-state index >= 15 is 0 Å². The van der Waals surface area contributed by atoms with Gasteiger partial charge in [-0.25, -0.2) is 0 Å². The number of benzene rings is 2. The topological polar surface area (TPSA) is 37.8 Å². The number of thiol groups is 1. The molecule has 1 N–H and O–H groups in total. The Morgan fingerprint density at radius 2 is 1.29 bits per heavy atom. The number of halogens is 6. The number of rotatable bonds is 7. The smallest absolute Gasteiger partial charge is 0.0599 e. The number of nitrogens with zero attached hydrogens (tertiary/aromatic N) is 2. The van der Waals surface area contributed by atoms with E-state index in [1.165, 1.54) is 11.8 Å². The van der Waals surface area contributed by atoms with Crippen LogP contribution in [0.4, 0.5) is 0 Å². The zero-order valence-electron chi connectivity index (χ0n) is 15.9. The van der Waals surface area contributed by atoms with Crippen molar-refractivity contribution in [3.05, 3.63) is 78.7 Å². The Labute approximate surface area is 221 Å². The predicted octanol–water partition coefficient (Wildman–Crippen LogP) is 8.30. The summed E-state index contributed by atoms with van der Waals surface area (Å²) < 4.78 is 0. The molecule has 0 aliphatic carbocycles. The molecule has 0 atom stereocenters. The van der Waals surface area contributed by atoms with Gasteiger partial charge in [-0.3, -0.25) is 9.97 Å². The maximum atomic E-state index is 6.12. The van der Waals surface area contributed by atoms with Gasteiger partial charge >= 0.3 is 0 Å². The van der Waals surface area contributed by atoms with E-state index in [2.05, 4.69) is 27.9 Å². The maximum Gasteiger partial charge on any atom is 0.0599 e. The van der Waals surface area contributed by atoms with Crippen LogP contribution in [0, 0.1) is 0 Å². The summed E-state index contributed by atoms with van der Waals surface area (Å²) >= 11 is 41.6. The molecule has 1 heterocycles. The molecule has 3 aromatic rings. The molecule has 0 saturated carbocycles. The molecule has 0 radical (unpaired) electrons. The molecule has 0 fully saturated rings. The molecule has 0 spiro atoms. The molecule has 3 nitrogen and oxygen atoms in total. The zero-order valence-corrected chi connectivity index (χ0v) is 22.1. The van der Waals surface area contributed by atoms with Gasteiger partial charge in [-0.2, -0.15) is 12.6 Å². The third kappa shape index (κ3) is 9.36. The average molecular weight is 576 g/mol. The highest BCUT2D eigenvalue weighted by atomic mass is 35.5. The zero-order chi connectivity index (χ0) is 22.8. The number of nitrogens with one attached hydrogen (secondary N) is 1. The SMILES string of the molecule is Clc1cc(Cl)c(Sc2c(Cl)cc(Cl)cc2Cl)c(Cl)c1.SCCNCCc1cnccn1. The summed E-state index contributed by atoms with van der Waals surface area (Å²) in [6.07, 6.45) is 6.13. The van der Waals surface area contributed by atoms with Crippen molar-refractivity contribution in [3.8, 4) is 0 Å². The fraction of sp³-hybridized carbons (Fsp3) is 0.200. The highest BCUT2D eigenvalue weighted by molar-refractivity contribution is 7.99. The van der Waals surface area contributed by atoms with Gasteiger partial charge in [0.1, 0.15) is 0 Å². The molecule has 0 aliphatic rings. The summed E-state index contributed by atoms with van der Waals surface area (Å²) in [6.45, 7) is 1.89. The van der Waals surface area contributed by atoms with Gasteiger partial charge in [0.2, 0.25) is 0 Å². The minimum Gasteiger partial charge on any atom is -0.316 e. The Kier molecular flexibility index (Phi) is 12.5. The monoisotopic (exact) mass is 573 g/mol. The van der Waals surface area contributed by atoms with Gasteiger partial charge in [0, 0.05) is 63.7 Å². The Bertz CT molecular complexity index is 890. The Balaban J connectivity index is 0.000000245. The highest BCUT2D eigenvalue weighted by Gasteiger charge is 2.15. The number of hydrogen-bond acceptors (Lipinski definition) is 5. The van der Waals surface area contributed by atoms with Crippen molar-refractivity contribution in [2.24, 2.45) is 0 Å². The van der Waals surface area contributed by atoms with Crippen LogP contribution < -0.4 is 5.32 Å². The molecule has 31 heavy (non-hydrogen) atoms. The summed E-state index contributed by atoms with van der Waals surface area (Å²) in [7, 11) is 0. The van der Waals surface area contributed by atoms with Crippen molar-refractivity contribution in [1.82, 2.24) is 15.3 Å². The van der Waals surface area contributed by atoms with Crippen molar-refractivity contribution in [2.45, 2.75) is 16.2 Å². The van der Waals surface area contributed by atoms with Gasteiger partial charge in [0.25, 0.3) is 0 Å². The van der Waals surface area contributed by atoms with E-state index in [9.17, 15) is 0 Å². The van der Waals surface area contributed by atoms with Gasteiger partial charge < -0.3 is 5.32 Å². The van der Waals surface area contributed by atoms with Crippen LogP contribution in [0.15, 0.2) is 52.6 Å². The van der Waals surface area contributed by atoms with Gasteiger partial charge in [-0.05, 0) is 24.3 Å². The molecule has 3 rings (SSSR count). The van der Waals surface area contributed by atoms with Crippen LogP contribution in [0.5, 0.6) is 0 Å². The number of hydrogen-bond donors (Lipinski definition) is 2.